The van der Waals surface area contributed by atoms with Crippen LogP contribution >= 0.6 is 0 Å². The van der Waals surface area contributed by atoms with Crippen molar-refractivity contribution in [1.29, 1.82) is 5.26 Å². The third-order valence-electron chi connectivity index (χ3n) is 7.39. The number of nitriles is 1. The molecule has 38 heavy (non-hydrogen) atoms. The SMILES string of the molecule is CC(C)[C@@](C#N)(CCCCC(=O)N1CCC[C@@H]1C(=O)NCc1ccc(F)cc1C(F)(F)F)c1ccccc1. The molecule has 0 spiro atoms. The molecule has 0 saturated carbocycles. The van der Waals surface area contributed by atoms with Crippen LogP contribution in [-0.4, -0.2) is 29.3 Å². The molecule has 1 aliphatic rings. The number of likely N-dealkylation sites (tertiary alicyclic amines) is 1. The summed E-state index contributed by atoms with van der Waals surface area (Å²) in [5.74, 6) is -1.65. The van der Waals surface area contributed by atoms with Crippen LogP contribution in [0.25, 0.3) is 0 Å². The van der Waals surface area contributed by atoms with Gasteiger partial charge in [0, 0.05) is 19.5 Å². The van der Waals surface area contributed by atoms with Gasteiger partial charge in [0.05, 0.1) is 17.0 Å². The van der Waals surface area contributed by atoms with E-state index >= 15 is 0 Å². The summed E-state index contributed by atoms with van der Waals surface area (Å²) >= 11 is 0. The van der Waals surface area contributed by atoms with E-state index in [4.69, 9.17) is 0 Å². The average Bonchev–Trinajstić information content (AvgIpc) is 3.38. The molecule has 1 fully saturated rings. The van der Waals surface area contributed by atoms with Crippen LogP contribution in [0.2, 0.25) is 0 Å². The van der Waals surface area contributed by atoms with Gasteiger partial charge in [-0.05, 0) is 54.9 Å². The lowest BCUT2D eigenvalue weighted by Crippen LogP contribution is -2.45. The molecule has 9 heteroatoms. The Hall–Kier alpha value is -3.41. The van der Waals surface area contributed by atoms with Crippen molar-refractivity contribution >= 4 is 11.8 Å². The number of nitrogens with zero attached hydrogens (tertiary/aromatic N) is 2. The maximum Gasteiger partial charge on any atom is 0.416 e. The molecule has 0 bridgehead atoms. The number of nitrogens with one attached hydrogen (secondary N) is 1. The van der Waals surface area contributed by atoms with Gasteiger partial charge < -0.3 is 10.2 Å². The second kappa shape index (κ2) is 12.4. The van der Waals surface area contributed by atoms with Crippen molar-refractivity contribution in [3.05, 3.63) is 71.0 Å². The first-order valence-corrected chi connectivity index (χ1v) is 12.9. The number of alkyl halides is 3. The van der Waals surface area contributed by atoms with E-state index in [1.54, 1.807) is 0 Å². The fourth-order valence-corrected chi connectivity index (χ4v) is 5.18. The van der Waals surface area contributed by atoms with Crippen molar-refractivity contribution in [2.75, 3.05) is 6.54 Å². The van der Waals surface area contributed by atoms with Gasteiger partial charge in [-0.15, -0.1) is 0 Å². The molecular weight excluding hydrogens is 498 g/mol. The molecule has 2 amide bonds. The molecule has 204 valence electrons. The predicted octanol–water partition coefficient (Wildman–Crippen LogP) is 6.13. The quantitative estimate of drug-likeness (QED) is 0.296. The fourth-order valence-electron chi connectivity index (χ4n) is 5.18. The first-order valence-electron chi connectivity index (χ1n) is 12.9. The number of halogens is 4. The Morgan fingerprint density at radius 1 is 1.13 bits per heavy atom. The van der Waals surface area contributed by atoms with Gasteiger partial charge in [0.2, 0.25) is 11.8 Å². The Balaban J connectivity index is 1.56. The molecule has 2 aromatic rings. The van der Waals surface area contributed by atoms with Gasteiger partial charge in [-0.1, -0.05) is 56.7 Å². The molecule has 0 aromatic heterocycles. The van der Waals surface area contributed by atoms with Crippen LogP contribution in [0.5, 0.6) is 0 Å². The zero-order valence-corrected chi connectivity index (χ0v) is 21.7. The second-order valence-corrected chi connectivity index (χ2v) is 10.1. The van der Waals surface area contributed by atoms with E-state index in [1.807, 2.05) is 44.2 Å². The lowest BCUT2D eigenvalue weighted by atomic mass is 9.69. The standard InChI is InChI=1S/C29H33F4N3O2/c1-20(2)28(19-34,22-9-4-3-5-10-22)15-7-6-12-26(37)36-16-8-11-25(36)27(38)35-18-21-13-14-23(30)17-24(21)29(31,32)33/h3-5,9-10,13-14,17,20,25H,6-8,11-12,15-16,18H2,1-2H3,(H,35,38)/t25-,28+/m1/s1. The summed E-state index contributed by atoms with van der Waals surface area (Å²) in [4.78, 5) is 27.2. The first kappa shape index (κ1) is 29.2. The largest absolute Gasteiger partial charge is 0.416 e. The van der Waals surface area contributed by atoms with Crippen molar-refractivity contribution < 1.29 is 27.2 Å². The Morgan fingerprint density at radius 3 is 2.47 bits per heavy atom. The van der Waals surface area contributed by atoms with Crippen molar-refractivity contribution in [1.82, 2.24) is 10.2 Å². The van der Waals surface area contributed by atoms with Crippen molar-refractivity contribution in [3.8, 4) is 6.07 Å². The Kier molecular flexibility index (Phi) is 9.53. The lowest BCUT2D eigenvalue weighted by molar-refractivity contribution is -0.139. The summed E-state index contributed by atoms with van der Waals surface area (Å²) in [6, 6.07) is 13.7. The van der Waals surface area contributed by atoms with E-state index in [9.17, 15) is 32.4 Å². The van der Waals surface area contributed by atoms with Gasteiger partial charge in [0.25, 0.3) is 0 Å². The number of hydrogen-bond acceptors (Lipinski definition) is 3. The van der Waals surface area contributed by atoms with Gasteiger partial charge in [-0.25, -0.2) is 4.39 Å². The van der Waals surface area contributed by atoms with Crippen LogP contribution in [-0.2, 0) is 27.7 Å². The van der Waals surface area contributed by atoms with Crippen LogP contribution in [0.4, 0.5) is 17.6 Å². The van der Waals surface area contributed by atoms with Crippen molar-refractivity contribution in [2.24, 2.45) is 5.92 Å². The Bertz CT molecular complexity index is 1160. The van der Waals surface area contributed by atoms with Gasteiger partial charge in [0.1, 0.15) is 11.9 Å². The molecule has 3 rings (SSSR count). The van der Waals surface area contributed by atoms with E-state index in [0.29, 0.717) is 44.7 Å². The molecule has 0 radical (unpaired) electrons. The second-order valence-electron chi connectivity index (χ2n) is 10.1. The summed E-state index contributed by atoms with van der Waals surface area (Å²) in [6.07, 6.45) is -1.69. The van der Waals surface area contributed by atoms with Crippen molar-refractivity contribution in [2.45, 2.75) is 76.6 Å². The minimum absolute atomic E-state index is 0.0798. The summed E-state index contributed by atoms with van der Waals surface area (Å²) in [7, 11) is 0. The minimum atomic E-state index is -4.75. The summed E-state index contributed by atoms with van der Waals surface area (Å²) in [6.45, 7) is 4.01. The molecule has 2 atom stereocenters. The Morgan fingerprint density at radius 2 is 1.84 bits per heavy atom. The summed E-state index contributed by atoms with van der Waals surface area (Å²) in [5, 5.41) is 12.5. The van der Waals surface area contributed by atoms with Gasteiger partial charge in [-0.3, -0.25) is 9.59 Å². The van der Waals surface area contributed by atoms with Gasteiger partial charge >= 0.3 is 6.18 Å². The Labute approximate surface area is 220 Å². The van der Waals surface area contributed by atoms with Crippen molar-refractivity contribution in [3.63, 3.8) is 0 Å². The van der Waals surface area contributed by atoms with Gasteiger partial charge in [-0.2, -0.15) is 18.4 Å². The van der Waals surface area contributed by atoms with Crippen LogP contribution in [0.1, 0.15) is 69.1 Å². The molecule has 0 aliphatic carbocycles. The average molecular weight is 532 g/mol. The highest BCUT2D eigenvalue weighted by atomic mass is 19.4. The number of unbranched alkanes of at least 4 members (excludes halogenated alkanes) is 1. The van der Waals surface area contributed by atoms with Crippen LogP contribution < -0.4 is 5.32 Å². The first-order chi connectivity index (χ1) is 18.0. The molecule has 0 unspecified atom stereocenters. The number of carbonyl (C=O) groups is 2. The molecule has 1 saturated heterocycles. The summed E-state index contributed by atoms with van der Waals surface area (Å²) < 4.78 is 53.1. The van der Waals surface area contributed by atoms with E-state index in [1.165, 1.54) is 4.90 Å². The predicted molar refractivity (Wildman–Crippen MR) is 135 cm³/mol. The number of carbonyl (C=O) groups excluding carboxylic acids is 2. The molecular formula is C29H33F4N3O2. The molecule has 1 N–H and O–H groups in total. The fraction of sp³-hybridized carbons (Fsp3) is 0.483. The number of benzene rings is 2. The topological polar surface area (TPSA) is 73.2 Å². The lowest BCUT2D eigenvalue weighted by Gasteiger charge is -2.31. The number of rotatable bonds is 10. The highest BCUT2D eigenvalue weighted by Crippen LogP contribution is 2.37. The maximum absolute atomic E-state index is 13.4. The molecule has 5 nitrogen and oxygen atoms in total. The maximum atomic E-state index is 13.4. The highest BCUT2D eigenvalue weighted by Gasteiger charge is 2.37. The molecule has 2 aromatic carbocycles. The number of hydrogen-bond donors (Lipinski definition) is 1. The normalized spacial score (nSPS) is 17.2. The van der Waals surface area contributed by atoms with Crippen LogP contribution in [0.15, 0.2) is 48.5 Å². The number of amides is 2. The van der Waals surface area contributed by atoms with E-state index < -0.39 is 41.5 Å². The van der Waals surface area contributed by atoms with Gasteiger partial charge in [0.15, 0.2) is 0 Å². The van der Waals surface area contributed by atoms with Crippen LogP contribution in [0.3, 0.4) is 0 Å². The molecule has 1 heterocycles. The third-order valence-corrected chi connectivity index (χ3v) is 7.39. The van der Waals surface area contributed by atoms with E-state index in [-0.39, 0.29) is 23.8 Å². The molecule has 1 aliphatic heterocycles. The monoisotopic (exact) mass is 531 g/mol. The highest BCUT2D eigenvalue weighted by molar-refractivity contribution is 5.88. The van der Waals surface area contributed by atoms with E-state index in [2.05, 4.69) is 11.4 Å². The minimum Gasteiger partial charge on any atom is -0.350 e. The third kappa shape index (κ3) is 6.72. The zero-order valence-electron chi connectivity index (χ0n) is 21.7. The smallest absolute Gasteiger partial charge is 0.350 e. The zero-order chi connectivity index (χ0) is 27.9. The van der Waals surface area contributed by atoms with Crippen LogP contribution in [0, 0.1) is 23.1 Å². The van der Waals surface area contributed by atoms with E-state index in [0.717, 1.165) is 17.7 Å². The summed E-state index contributed by atoms with van der Waals surface area (Å²) in [5.41, 5.74) is -1.08.